The maximum atomic E-state index is 12.2. The largest absolute Gasteiger partial charge is 0.379 e. The zero-order valence-corrected chi connectivity index (χ0v) is 13.9. The summed E-state index contributed by atoms with van der Waals surface area (Å²) in [6.45, 7) is 10.1. The Morgan fingerprint density at radius 2 is 1.95 bits per heavy atom. The van der Waals surface area contributed by atoms with Gasteiger partial charge in [0.15, 0.2) is 0 Å². The number of anilines is 1. The molecule has 1 aromatic rings. The number of likely N-dealkylation sites (tertiary alicyclic amines) is 1. The highest BCUT2D eigenvalue weighted by atomic mass is 35.5. The van der Waals surface area contributed by atoms with E-state index < -0.39 is 0 Å². The number of rotatable bonds is 6. The summed E-state index contributed by atoms with van der Waals surface area (Å²) in [5, 5.41) is 7.75. The SMILES string of the molecule is CC(C)Cn1ncc(NC(C)CN2CCCC2)c(Cl)c1=O. The molecule has 0 spiro atoms. The second-order valence-corrected chi connectivity index (χ2v) is 6.68. The van der Waals surface area contributed by atoms with Gasteiger partial charge in [0.2, 0.25) is 0 Å². The van der Waals surface area contributed by atoms with Crippen molar-refractivity contribution in [3.8, 4) is 0 Å². The molecule has 1 unspecified atom stereocenters. The first kappa shape index (κ1) is 16.3. The van der Waals surface area contributed by atoms with Crippen LogP contribution in [0.15, 0.2) is 11.0 Å². The van der Waals surface area contributed by atoms with Crippen molar-refractivity contribution < 1.29 is 0 Å². The predicted molar refractivity (Wildman–Crippen MR) is 87.1 cm³/mol. The summed E-state index contributed by atoms with van der Waals surface area (Å²) in [6, 6.07) is 0.239. The molecular formula is C15H25ClN4O. The minimum atomic E-state index is -0.219. The highest BCUT2D eigenvalue weighted by Crippen LogP contribution is 2.17. The van der Waals surface area contributed by atoms with E-state index in [1.54, 1.807) is 6.20 Å². The molecule has 1 atom stereocenters. The Bertz CT molecular complexity index is 523. The second-order valence-electron chi connectivity index (χ2n) is 6.31. The molecule has 1 saturated heterocycles. The number of nitrogens with one attached hydrogen (secondary N) is 1. The van der Waals surface area contributed by atoms with E-state index in [0.717, 1.165) is 19.6 Å². The van der Waals surface area contributed by atoms with Crippen LogP contribution in [0.2, 0.25) is 5.02 Å². The van der Waals surface area contributed by atoms with Crippen LogP contribution in [0.4, 0.5) is 5.69 Å². The van der Waals surface area contributed by atoms with Crippen molar-refractivity contribution in [3.63, 3.8) is 0 Å². The van der Waals surface area contributed by atoms with Crippen LogP contribution in [0.1, 0.15) is 33.6 Å². The summed E-state index contributed by atoms with van der Waals surface area (Å²) >= 11 is 6.19. The molecule has 6 heteroatoms. The van der Waals surface area contributed by atoms with Crippen molar-refractivity contribution in [1.29, 1.82) is 0 Å². The fourth-order valence-electron chi connectivity index (χ4n) is 2.71. The van der Waals surface area contributed by atoms with Gasteiger partial charge in [-0.15, -0.1) is 0 Å². The average Bonchev–Trinajstić information content (AvgIpc) is 2.91. The first-order valence-electron chi connectivity index (χ1n) is 7.72. The van der Waals surface area contributed by atoms with Crippen LogP contribution < -0.4 is 10.9 Å². The summed E-state index contributed by atoms with van der Waals surface area (Å²) < 4.78 is 1.43. The second kappa shape index (κ2) is 7.27. The standard InChI is InChI=1S/C15H25ClN4O/c1-11(2)9-20-15(21)14(16)13(8-17-20)18-12(3)10-19-6-4-5-7-19/h8,11-12,18H,4-7,9-10H2,1-3H3. The Balaban J connectivity index is 2.02. The maximum absolute atomic E-state index is 12.2. The van der Waals surface area contributed by atoms with Crippen molar-refractivity contribution in [2.75, 3.05) is 25.0 Å². The predicted octanol–water partition coefficient (Wildman–Crippen LogP) is 2.45. The fourth-order valence-corrected chi connectivity index (χ4v) is 2.91. The Hall–Kier alpha value is -1.07. The third-order valence-electron chi connectivity index (χ3n) is 3.66. The van der Waals surface area contributed by atoms with Crippen molar-refractivity contribution in [2.24, 2.45) is 5.92 Å². The molecule has 118 valence electrons. The normalized spacial score (nSPS) is 17.4. The van der Waals surface area contributed by atoms with E-state index in [1.807, 2.05) is 13.8 Å². The zero-order valence-electron chi connectivity index (χ0n) is 13.1. The van der Waals surface area contributed by atoms with Crippen LogP contribution >= 0.6 is 11.6 Å². The van der Waals surface area contributed by atoms with Gasteiger partial charge in [0.05, 0.1) is 11.9 Å². The molecule has 5 nitrogen and oxygen atoms in total. The molecule has 0 aromatic carbocycles. The van der Waals surface area contributed by atoms with Crippen molar-refractivity contribution >= 4 is 17.3 Å². The minimum Gasteiger partial charge on any atom is -0.379 e. The molecule has 0 radical (unpaired) electrons. The van der Waals surface area contributed by atoms with Gasteiger partial charge in [0, 0.05) is 19.1 Å². The molecule has 0 aliphatic carbocycles. The highest BCUT2D eigenvalue weighted by molar-refractivity contribution is 6.32. The van der Waals surface area contributed by atoms with E-state index in [2.05, 4.69) is 22.2 Å². The summed E-state index contributed by atoms with van der Waals surface area (Å²) in [5.74, 6) is 0.360. The fraction of sp³-hybridized carbons (Fsp3) is 0.733. The molecule has 1 N–H and O–H groups in total. The molecule has 0 bridgehead atoms. The van der Waals surface area contributed by atoms with Gasteiger partial charge in [-0.05, 0) is 38.8 Å². The third-order valence-corrected chi connectivity index (χ3v) is 4.02. The Kier molecular flexibility index (Phi) is 5.65. The topological polar surface area (TPSA) is 50.2 Å². The lowest BCUT2D eigenvalue weighted by Crippen LogP contribution is -2.34. The van der Waals surface area contributed by atoms with E-state index in [4.69, 9.17) is 11.6 Å². The first-order chi connectivity index (χ1) is 9.97. The van der Waals surface area contributed by atoms with Crippen LogP contribution in [-0.4, -0.2) is 40.4 Å². The lowest BCUT2D eigenvalue weighted by Gasteiger charge is -2.22. The van der Waals surface area contributed by atoms with E-state index in [9.17, 15) is 4.79 Å². The maximum Gasteiger partial charge on any atom is 0.287 e. The third kappa shape index (κ3) is 4.45. The van der Waals surface area contributed by atoms with Gasteiger partial charge in [0.25, 0.3) is 5.56 Å². The van der Waals surface area contributed by atoms with Crippen LogP contribution in [0, 0.1) is 5.92 Å². The van der Waals surface area contributed by atoms with Crippen molar-refractivity contribution in [2.45, 2.75) is 46.2 Å². The summed E-state index contributed by atoms with van der Waals surface area (Å²) in [7, 11) is 0. The van der Waals surface area contributed by atoms with Gasteiger partial charge in [-0.2, -0.15) is 5.10 Å². The molecule has 1 fully saturated rings. The van der Waals surface area contributed by atoms with Gasteiger partial charge < -0.3 is 10.2 Å². The van der Waals surface area contributed by atoms with Gasteiger partial charge in [-0.3, -0.25) is 4.79 Å². The molecule has 2 heterocycles. The molecule has 2 rings (SSSR count). The van der Waals surface area contributed by atoms with Gasteiger partial charge in [0.1, 0.15) is 5.02 Å². The van der Waals surface area contributed by atoms with E-state index in [-0.39, 0.29) is 16.6 Å². The average molecular weight is 313 g/mol. The molecular weight excluding hydrogens is 288 g/mol. The zero-order chi connectivity index (χ0) is 15.4. The van der Waals surface area contributed by atoms with Crippen LogP contribution in [-0.2, 0) is 6.54 Å². The van der Waals surface area contributed by atoms with Gasteiger partial charge in [-0.25, -0.2) is 4.68 Å². The summed E-state index contributed by atoms with van der Waals surface area (Å²) in [4.78, 5) is 14.6. The Labute approximate surface area is 131 Å². The quantitative estimate of drug-likeness (QED) is 0.876. The molecule has 1 aliphatic rings. The summed E-state index contributed by atoms with van der Waals surface area (Å²) in [5.41, 5.74) is 0.414. The van der Waals surface area contributed by atoms with Crippen molar-refractivity contribution in [3.05, 3.63) is 21.6 Å². The monoisotopic (exact) mass is 312 g/mol. The molecule has 1 aliphatic heterocycles. The minimum absolute atomic E-state index is 0.219. The lowest BCUT2D eigenvalue weighted by atomic mass is 10.2. The number of hydrogen-bond acceptors (Lipinski definition) is 4. The van der Waals surface area contributed by atoms with Crippen LogP contribution in [0.5, 0.6) is 0 Å². The van der Waals surface area contributed by atoms with E-state index in [1.165, 1.54) is 17.5 Å². The number of aromatic nitrogens is 2. The Morgan fingerprint density at radius 1 is 1.29 bits per heavy atom. The summed E-state index contributed by atoms with van der Waals surface area (Å²) in [6.07, 6.45) is 4.22. The van der Waals surface area contributed by atoms with Gasteiger partial charge in [-0.1, -0.05) is 25.4 Å². The molecule has 0 amide bonds. The van der Waals surface area contributed by atoms with Gasteiger partial charge >= 0.3 is 0 Å². The lowest BCUT2D eigenvalue weighted by molar-refractivity contribution is 0.328. The van der Waals surface area contributed by atoms with E-state index in [0.29, 0.717) is 18.2 Å². The van der Waals surface area contributed by atoms with Crippen LogP contribution in [0.25, 0.3) is 0 Å². The Morgan fingerprint density at radius 3 is 2.57 bits per heavy atom. The number of nitrogens with zero attached hydrogens (tertiary/aromatic N) is 3. The molecule has 1 aromatic heterocycles. The van der Waals surface area contributed by atoms with Crippen LogP contribution in [0.3, 0.4) is 0 Å². The number of hydrogen-bond donors (Lipinski definition) is 1. The van der Waals surface area contributed by atoms with Crippen molar-refractivity contribution in [1.82, 2.24) is 14.7 Å². The highest BCUT2D eigenvalue weighted by Gasteiger charge is 2.16. The smallest absolute Gasteiger partial charge is 0.287 e. The molecule has 0 saturated carbocycles. The van der Waals surface area contributed by atoms with E-state index >= 15 is 0 Å². The molecule has 21 heavy (non-hydrogen) atoms. The number of halogens is 1. The first-order valence-corrected chi connectivity index (χ1v) is 8.09.